The van der Waals surface area contributed by atoms with Crippen molar-refractivity contribution in [1.29, 1.82) is 0 Å². The van der Waals surface area contributed by atoms with Gasteiger partial charge >= 0.3 is 0 Å². The smallest absolute Gasteiger partial charge is 0.239 e. The van der Waals surface area contributed by atoms with Crippen LogP contribution in [0.25, 0.3) is 11.3 Å². The maximum absolute atomic E-state index is 13.9. The van der Waals surface area contributed by atoms with Crippen LogP contribution in [0.4, 0.5) is 16.2 Å². The van der Waals surface area contributed by atoms with Gasteiger partial charge in [0.1, 0.15) is 5.82 Å². The molecule has 8 nitrogen and oxygen atoms in total. The summed E-state index contributed by atoms with van der Waals surface area (Å²) in [6.45, 7) is 0. The van der Waals surface area contributed by atoms with Crippen LogP contribution in [0.2, 0.25) is 0 Å². The molecule has 10 heteroatoms. The van der Waals surface area contributed by atoms with Crippen LogP contribution in [0, 0.1) is 5.95 Å². The van der Waals surface area contributed by atoms with Gasteiger partial charge in [-0.05, 0) is 37.7 Å². The molecule has 0 bridgehead atoms. The number of thioether (sulfide) groups is 1. The highest BCUT2D eigenvalue weighted by Crippen LogP contribution is 2.26. The van der Waals surface area contributed by atoms with Crippen molar-refractivity contribution in [3.05, 3.63) is 36.7 Å². The van der Waals surface area contributed by atoms with E-state index in [1.54, 1.807) is 24.0 Å². The Morgan fingerprint density at radius 1 is 1.07 bits per heavy atom. The van der Waals surface area contributed by atoms with Gasteiger partial charge in [0.2, 0.25) is 11.9 Å². The van der Waals surface area contributed by atoms with Gasteiger partial charge < -0.3 is 10.6 Å². The predicted molar refractivity (Wildman–Crippen MR) is 107 cm³/mol. The molecular weight excluding hydrogens is 379 g/mol. The standard InChI is InChI=1S/C18H21FN8S/c1-27-17(19)16(25-26-27)11-3-6-15(20-8-11)23-12-4-5-13(7-12)24-18-21-9-14(28-2)10-22-18/h3,6,8-10,12-13H,4-5,7H2,1-2H3,(H,20,23)(H,21,22,24)/t12-,13-/m0/s1. The summed E-state index contributed by atoms with van der Waals surface area (Å²) >= 11 is 1.62. The first-order valence-corrected chi connectivity index (χ1v) is 10.3. The molecule has 0 amide bonds. The molecule has 0 aliphatic heterocycles. The molecule has 3 heterocycles. The highest BCUT2D eigenvalue weighted by atomic mass is 32.2. The summed E-state index contributed by atoms with van der Waals surface area (Å²) in [4.78, 5) is 14.1. The molecule has 146 valence electrons. The molecule has 0 aromatic carbocycles. The van der Waals surface area contributed by atoms with Crippen LogP contribution in [0.1, 0.15) is 19.3 Å². The van der Waals surface area contributed by atoms with Crippen molar-refractivity contribution in [2.45, 2.75) is 36.2 Å². The number of anilines is 2. The molecule has 1 fully saturated rings. The maximum Gasteiger partial charge on any atom is 0.239 e. The molecule has 0 radical (unpaired) electrons. The number of hydrogen-bond acceptors (Lipinski definition) is 8. The first-order valence-electron chi connectivity index (χ1n) is 9.03. The fourth-order valence-electron chi connectivity index (χ4n) is 3.27. The molecule has 0 spiro atoms. The maximum atomic E-state index is 13.9. The summed E-state index contributed by atoms with van der Waals surface area (Å²) in [5.41, 5.74) is 0.812. The van der Waals surface area contributed by atoms with Gasteiger partial charge in [-0.1, -0.05) is 5.21 Å². The Labute approximate surface area is 166 Å². The van der Waals surface area contributed by atoms with Gasteiger partial charge in [0, 0.05) is 48.2 Å². The fraction of sp³-hybridized carbons (Fsp3) is 0.389. The Bertz CT molecular complexity index is 928. The highest BCUT2D eigenvalue weighted by Gasteiger charge is 2.25. The fourth-order valence-corrected chi connectivity index (χ4v) is 3.59. The Hall–Kier alpha value is -2.75. The summed E-state index contributed by atoms with van der Waals surface area (Å²) in [6.07, 6.45) is 10.3. The lowest BCUT2D eigenvalue weighted by atomic mass is 10.2. The number of halogens is 1. The molecule has 0 saturated heterocycles. The van der Waals surface area contributed by atoms with Crippen LogP contribution >= 0.6 is 11.8 Å². The van der Waals surface area contributed by atoms with E-state index in [9.17, 15) is 4.39 Å². The number of hydrogen-bond donors (Lipinski definition) is 2. The van der Waals surface area contributed by atoms with Crippen molar-refractivity contribution in [1.82, 2.24) is 29.9 Å². The Morgan fingerprint density at radius 2 is 1.82 bits per heavy atom. The first kappa shape index (κ1) is 18.6. The Balaban J connectivity index is 1.33. The third-order valence-corrected chi connectivity index (χ3v) is 5.46. The van der Waals surface area contributed by atoms with E-state index in [1.165, 1.54) is 7.05 Å². The molecule has 3 aromatic heterocycles. The number of pyridine rings is 1. The molecule has 4 rings (SSSR count). The molecular formula is C18H21FN8S. The normalized spacial score (nSPS) is 19.0. The van der Waals surface area contributed by atoms with E-state index in [4.69, 9.17) is 0 Å². The second kappa shape index (κ2) is 8.09. The molecule has 2 atom stereocenters. The van der Waals surface area contributed by atoms with Crippen LogP contribution in [-0.2, 0) is 7.05 Å². The molecule has 1 saturated carbocycles. The van der Waals surface area contributed by atoms with Crippen LogP contribution in [0.3, 0.4) is 0 Å². The van der Waals surface area contributed by atoms with Crippen molar-refractivity contribution >= 4 is 23.5 Å². The number of nitrogens with zero attached hydrogens (tertiary/aromatic N) is 6. The monoisotopic (exact) mass is 400 g/mol. The summed E-state index contributed by atoms with van der Waals surface area (Å²) in [5, 5.41) is 14.4. The zero-order chi connectivity index (χ0) is 19.5. The first-order chi connectivity index (χ1) is 13.6. The van der Waals surface area contributed by atoms with Gasteiger partial charge in [0.25, 0.3) is 0 Å². The van der Waals surface area contributed by atoms with Gasteiger partial charge in [-0.25, -0.2) is 19.6 Å². The third kappa shape index (κ3) is 4.06. The van der Waals surface area contributed by atoms with E-state index in [1.807, 2.05) is 24.7 Å². The van der Waals surface area contributed by atoms with Crippen molar-refractivity contribution in [2.75, 3.05) is 16.9 Å². The van der Waals surface area contributed by atoms with E-state index >= 15 is 0 Å². The quantitative estimate of drug-likeness (QED) is 0.610. The van der Waals surface area contributed by atoms with Gasteiger partial charge in [0.15, 0.2) is 5.69 Å². The zero-order valence-corrected chi connectivity index (χ0v) is 16.4. The number of aryl methyl sites for hydroxylation is 1. The van der Waals surface area contributed by atoms with E-state index in [-0.39, 0.29) is 5.69 Å². The number of aromatic nitrogens is 6. The third-order valence-electron chi connectivity index (χ3n) is 4.78. The molecule has 28 heavy (non-hydrogen) atoms. The van der Waals surface area contributed by atoms with Crippen LogP contribution < -0.4 is 10.6 Å². The Morgan fingerprint density at radius 3 is 2.43 bits per heavy atom. The average molecular weight is 400 g/mol. The van der Waals surface area contributed by atoms with E-state index in [0.29, 0.717) is 23.6 Å². The van der Waals surface area contributed by atoms with E-state index in [0.717, 1.165) is 34.7 Å². The predicted octanol–water partition coefficient (Wildman–Crippen LogP) is 2.97. The van der Waals surface area contributed by atoms with Gasteiger partial charge in [0.05, 0.1) is 0 Å². The van der Waals surface area contributed by atoms with Gasteiger partial charge in [-0.3, -0.25) is 0 Å². The minimum absolute atomic E-state index is 0.208. The van der Waals surface area contributed by atoms with Crippen LogP contribution in [0.15, 0.2) is 35.6 Å². The van der Waals surface area contributed by atoms with Gasteiger partial charge in [-0.2, -0.15) is 4.39 Å². The minimum atomic E-state index is -0.472. The lowest BCUT2D eigenvalue weighted by molar-refractivity contribution is 0.502. The summed E-state index contributed by atoms with van der Waals surface area (Å²) < 4.78 is 15.0. The molecule has 3 aromatic rings. The van der Waals surface area contributed by atoms with Gasteiger partial charge in [-0.15, -0.1) is 16.9 Å². The lowest BCUT2D eigenvalue weighted by Gasteiger charge is -2.15. The highest BCUT2D eigenvalue weighted by molar-refractivity contribution is 7.98. The second-order valence-corrected chi connectivity index (χ2v) is 7.61. The summed E-state index contributed by atoms with van der Waals surface area (Å²) in [6, 6.07) is 4.28. The molecule has 1 aliphatic rings. The summed E-state index contributed by atoms with van der Waals surface area (Å²) in [7, 11) is 1.52. The van der Waals surface area contributed by atoms with E-state index in [2.05, 4.69) is 35.9 Å². The largest absolute Gasteiger partial charge is 0.367 e. The topological polar surface area (TPSA) is 93.4 Å². The van der Waals surface area contributed by atoms with Crippen LogP contribution in [-0.4, -0.2) is 48.3 Å². The van der Waals surface area contributed by atoms with Crippen molar-refractivity contribution in [3.63, 3.8) is 0 Å². The van der Waals surface area contributed by atoms with Crippen molar-refractivity contribution in [3.8, 4) is 11.3 Å². The second-order valence-electron chi connectivity index (χ2n) is 6.73. The molecule has 1 aliphatic carbocycles. The van der Waals surface area contributed by atoms with Crippen molar-refractivity contribution < 1.29 is 4.39 Å². The number of rotatable bonds is 6. The van der Waals surface area contributed by atoms with Crippen molar-refractivity contribution in [2.24, 2.45) is 7.05 Å². The molecule has 0 unspecified atom stereocenters. The Kier molecular flexibility index (Phi) is 5.38. The minimum Gasteiger partial charge on any atom is -0.367 e. The van der Waals surface area contributed by atoms with Crippen LogP contribution in [0.5, 0.6) is 0 Å². The molecule has 2 N–H and O–H groups in total. The average Bonchev–Trinajstić information content (AvgIpc) is 3.30. The van der Waals surface area contributed by atoms with E-state index < -0.39 is 5.95 Å². The lowest BCUT2D eigenvalue weighted by Crippen LogP contribution is -2.22. The summed E-state index contributed by atoms with van der Waals surface area (Å²) in [5.74, 6) is 0.955. The zero-order valence-electron chi connectivity index (χ0n) is 15.6. The SMILES string of the molecule is CSc1cnc(N[C@H]2CC[C@H](Nc3ccc(-c4nnn(C)c4F)cn3)C2)nc1. The number of nitrogens with one attached hydrogen (secondary N) is 2.